The molecule has 0 bridgehead atoms. The molecule has 0 unspecified atom stereocenters. The van der Waals surface area contributed by atoms with Crippen LogP contribution in [0.1, 0.15) is 35.4 Å². The molecule has 122 valence electrons. The fourth-order valence-electron chi connectivity index (χ4n) is 3.59. The van der Waals surface area contributed by atoms with Gasteiger partial charge >= 0.3 is 0 Å². The molecule has 1 aliphatic rings. The molecule has 0 spiro atoms. The molecule has 0 radical (unpaired) electrons. The number of fused-ring (bicyclic) bond motifs is 1. The maximum atomic E-state index is 12.4. The minimum atomic E-state index is 0.0249. The highest BCUT2D eigenvalue weighted by Gasteiger charge is 2.28. The van der Waals surface area contributed by atoms with Gasteiger partial charge in [-0.3, -0.25) is 9.20 Å². The van der Waals surface area contributed by atoms with Crippen LogP contribution in [0.2, 0.25) is 5.02 Å². The zero-order valence-corrected chi connectivity index (χ0v) is 14.5. The van der Waals surface area contributed by atoms with Gasteiger partial charge in [0, 0.05) is 12.3 Å². The van der Waals surface area contributed by atoms with E-state index in [0.29, 0.717) is 16.6 Å². The summed E-state index contributed by atoms with van der Waals surface area (Å²) in [7, 11) is 0. The van der Waals surface area contributed by atoms with Gasteiger partial charge in [0.2, 0.25) is 0 Å². The Bertz CT molecular complexity index is 1030. The Balaban J connectivity index is 2.05. The Labute approximate surface area is 145 Å². The molecule has 2 N–H and O–H groups in total. The average molecular weight is 339 g/mol. The van der Waals surface area contributed by atoms with Crippen molar-refractivity contribution in [1.82, 2.24) is 4.40 Å². The molecule has 3 aromatic rings. The molecule has 2 aromatic heterocycles. The first-order valence-electron chi connectivity index (χ1n) is 8.18. The van der Waals surface area contributed by atoms with Crippen molar-refractivity contribution < 1.29 is 0 Å². The smallest absolute Gasteiger partial charge is 0.255 e. The highest BCUT2D eigenvalue weighted by Crippen LogP contribution is 2.44. The predicted octanol–water partition coefficient (Wildman–Crippen LogP) is 4.70. The topological polar surface area (TPSA) is 47.5 Å². The molecule has 0 atom stereocenters. The van der Waals surface area contributed by atoms with Crippen LogP contribution in [0.4, 0.5) is 5.69 Å². The van der Waals surface area contributed by atoms with Crippen molar-refractivity contribution in [3.8, 4) is 11.1 Å². The van der Waals surface area contributed by atoms with Crippen LogP contribution < -0.4 is 11.3 Å². The van der Waals surface area contributed by atoms with E-state index < -0.39 is 0 Å². The van der Waals surface area contributed by atoms with Crippen LogP contribution in [0, 0.1) is 13.8 Å². The summed E-state index contributed by atoms with van der Waals surface area (Å²) in [5.41, 5.74) is 13.1. The maximum Gasteiger partial charge on any atom is 0.255 e. The van der Waals surface area contributed by atoms with E-state index in [1.165, 1.54) is 18.4 Å². The first-order valence-corrected chi connectivity index (χ1v) is 8.56. The highest BCUT2D eigenvalue weighted by atomic mass is 35.5. The standard InChI is InChI=1S/C20H19ClN2O/c1-11-9-18(24)23-8-7-15(14-5-6-17(22)16(21)10-14)12(2)20(23)19(11)13-3-4-13/h5-10,13H,3-4,22H2,1-2H3. The van der Waals surface area contributed by atoms with Gasteiger partial charge in [0.25, 0.3) is 5.56 Å². The van der Waals surface area contributed by atoms with Gasteiger partial charge in [0.05, 0.1) is 16.2 Å². The summed E-state index contributed by atoms with van der Waals surface area (Å²) in [6.45, 7) is 4.13. The third-order valence-electron chi connectivity index (χ3n) is 4.94. The lowest BCUT2D eigenvalue weighted by Gasteiger charge is -2.16. The van der Waals surface area contributed by atoms with Crippen molar-refractivity contribution in [1.29, 1.82) is 0 Å². The van der Waals surface area contributed by atoms with Crippen LogP contribution in [-0.2, 0) is 0 Å². The van der Waals surface area contributed by atoms with Gasteiger partial charge in [-0.25, -0.2) is 0 Å². The third kappa shape index (κ3) is 2.31. The number of benzene rings is 1. The van der Waals surface area contributed by atoms with Crippen molar-refractivity contribution in [2.75, 3.05) is 5.73 Å². The van der Waals surface area contributed by atoms with E-state index in [1.807, 2.05) is 37.4 Å². The number of nitrogens with zero attached hydrogens (tertiary/aromatic N) is 1. The number of nitrogens with two attached hydrogens (primary N) is 1. The van der Waals surface area contributed by atoms with Gasteiger partial charge in [-0.05, 0) is 78.6 Å². The minimum absolute atomic E-state index is 0.0249. The van der Waals surface area contributed by atoms with Gasteiger partial charge in [-0.15, -0.1) is 0 Å². The first-order chi connectivity index (χ1) is 11.5. The molecular formula is C20H19ClN2O. The summed E-state index contributed by atoms with van der Waals surface area (Å²) in [5.74, 6) is 0.574. The number of pyridine rings is 2. The number of aryl methyl sites for hydroxylation is 2. The van der Waals surface area contributed by atoms with Gasteiger partial charge in [0.1, 0.15) is 0 Å². The fourth-order valence-corrected chi connectivity index (χ4v) is 3.77. The van der Waals surface area contributed by atoms with Crippen LogP contribution in [0.25, 0.3) is 16.6 Å². The van der Waals surface area contributed by atoms with Gasteiger partial charge in [-0.1, -0.05) is 17.7 Å². The number of anilines is 1. The summed E-state index contributed by atoms with van der Waals surface area (Å²) < 4.78 is 1.78. The van der Waals surface area contributed by atoms with E-state index >= 15 is 0 Å². The summed E-state index contributed by atoms with van der Waals surface area (Å²) in [6.07, 6.45) is 4.27. The number of hydrogen-bond donors (Lipinski definition) is 1. The largest absolute Gasteiger partial charge is 0.398 e. The maximum absolute atomic E-state index is 12.4. The van der Waals surface area contributed by atoms with E-state index in [4.69, 9.17) is 17.3 Å². The molecule has 3 nitrogen and oxygen atoms in total. The molecule has 1 aliphatic carbocycles. The van der Waals surface area contributed by atoms with Crippen molar-refractivity contribution >= 4 is 22.8 Å². The summed E-state index contributed by atoms with van der Waals surface area (Å²) in [6, 6.07) is 9.42. The minimum Gasteiger partial charge on any atom is -0.398 e. The highest BCUT2D eigenvalue weighted by molar-refractivity contribution is 6.33. The molecule has 2 heterocycles. The second kappa shape index (κ2) is 5.38. The number of hydrogen-bond acceptors (Lipinski definition) is 2. The quantitative estimate of drug-likeness (QED) is 0.689. The Morgan fingerprint density at radius 3 is 2.58 bits per heavy atom. The van der Waals surface area contributed by atoms with Crippen molar-refractivity contribution in [3.63, 3.8) is 0 Å². The van der Waals surface area contributed by atoms with Crippen LogP contribution in [-0.4, -0.2) is 4.40 Å². The molecule has 1 aromatic carbocycles. The predicted molar refractivity (Wildman–Crippen MR) is 100.0 cm³/mol. The number of halogens is 1. The Kier molecular flexibility index (Phi) is 3.43. The lowest BCUT2D eigenvalue weighted by atomic mass is 9.95. The van der Waals surface area contributed by atoms with Crippen molar-refractivity contribution in [2.24, 2.45) is 0 Å². The number of rotatable bonds is 2. The van der Waals surface area contributed by atoms with Crippen molar-refractivity contribution in [2.45, 2.75) is 32.6 Å². The molecule has 1 fully saturated rings. The monoisotopic (exact) mass is 338 g/mol. The first kappa shape index (κ1) is 15.3. The average Bonchev–Trinajstić information content (AvgIpc) is 3.36. The molecule has 4 heteroatoms. The Morgan fingerprint density at radius 2 is 1.92 bits per heavy atom. The van der Waals surface area contributed by atoms with E-state index in [2.05, 4.69) is 6.92 Å². The number of aromatic nitrogens is 1. The third-order valence-corrected chi connectivity index (χ3v) is 5.27. The lowest BCUT2D eigenvalue weighted by Crippen LogP contribution is -2.16. The Hall–Kier alpha value is -2.26. The molecule has 24 heavy (non-hydrogen) atoms. The summed E-state index contributed by atoms with van der Waals surface area (Å²) in [4.78, 5) is 12.4. The van der Waals surface area contributed by atoms with E-state index in [1.54, 1.807) is 10.5 Å². The van der Waals surface area contributed by atoms with E-state index in [-0.39, 0.29) is 5.56 Å². The molecule has 0 aliphatic heterocycles. The van der Waals surface area contributed by atoms with Crippen LogP contribution in [0.5, 0.6) is 0 Å². The van der Waals surface area contributed by atoms with Crippen LogP contribution >= 0.6 is 11.6 Å². The molecule has 1 saturated carbocycles. The molecule has 4 rings (SSSR count). The summed E-state index contributed by atoms with van der Waals surface area (Å²) >= 11 is 6.20. The SMILES string of the molecule is Cc1cc(=O)n2ccc(-c3ccc(N)c(Cl)c3)c(C)c2c1C1CC1. The van der Waals surface area contributed by atoms with Gasteiger partial charge < -0.3 is 5.73 Å². The zero-order chi connectivity index (χ0) is 17.0. The lowest BCUT2D eigenvalue weighted by molar-refractivity contribution is 1.01. The fraction of sp³-hybridized carbons (Fsp3) is 0.250. The molecule has 0 amide bonds. The summed E-state index contributed by atoms with van der Waals surface area (Å²) in [5, 5.41) is 0.552. The van der Waals surface area contributed by atoms with E-state index in [0.717, 1.165) is 27.8 Å². The van der Waals surface area contributed by atoms with Crippen LogP contribution in [0.15, 0.2) is 41.3 Å². The van der Waals surface area contributed by atoms with E-state index in [9.17, 15) is 4.79 Å². The van der Waals surface area contributed by atoms with Gasteiger partial charge in [-0.2, -0.15) is 0 Å². The van der Waals surface area contributed by atoms with Crippen LogP contribution in [0.3, 0.4) is 0 Å². The second-order valence-corrected chi connectivity index (χ2v) is 7.07. The zero-order valence-electron chi connectivity index (χ0n) is 13.8. The molecular weight excluding hydrogens is 320 g/mol. The van der Waals surface area contributed by atoms with Gasteiger partial charge in [0.15, 0.2) is 0 Å². The van der Waals surface area contributed by atoms with Crippen molar-refractivity contribution in [3.05, 3.63) is 68.6 Å². The normalized spacial score (nSPS) is 14.3. The second-order valence-electron chi connectivity index (χ2n) is 6.66. The number of nitrogen functional groups attached to an aromatic ring is 1. The molecule has 0 saturated heterocycles. The Morgan fingerprint density at radius 1 is 1.17 bits per heavy atom.